The van der Waals surface area contributed by atoms with E-state index in [0.717, 1.165) is 29.7 Å². The Morgan fingerprint density at radius 3 is 2.43 bits per heavy atom. The minimum absolute atomic E-state index is 0.0907. The second kappa shape index (κ2) is 8.44. The average molecular weight is 408 g/mol. The lowest BCUT2D eigenvalue weighted by atomic mass is 10.0. The van der Waals surface area contributed by atoms with E-state index in [4.69, 9.17) is 14.2 Å². The van der Waals surface area contributed by atoms with Crippen molar-refractivity contribution in [3.8, 4) is 28.4 Å². The number of nitrogens with one attached hydrogen (secondary N) is 1. The molecule has 1 aliphatic rings. The van der Waals surface area contributed by atoms with Crippen LogP contribution in [0, 0.1) is 0 Å². The maximum absolute atomic E-state index is 13.5. The summed E-state index contributed by atoms with van der Waals surface area (Å²) in [5.41, 5.74) is 3.41. The van der Waals surface area contributed by atoms with Gasteiger partial charge in [0.25, 0.3) is 5.91 Å². The maximum atomic E-state index is 13.5. The first kappa shape index (κ1) is 19.8. The van der Waals surface area contributed by atoms with Crippen molar-refractivity contribution < 1.29 is 19.0 Å². The number of carbonyl (C=O) groups excluding carboxylic acids is 1. The number of aromatic amines is 1. The van der Waals surface area contributed by atoms with Crippen molar-refractivity contribution in [3.63, 3.8) is 0 Å². The van der Waals surface area contributed by atoms with Gasteiger partial charge in [0.15, 0.2) is 11.5 Å². The third-order valence-electron chi connectivity index (χ3n) is 5.42. The molecule has 3 heterocycles. The van der Waals surface area contributed by atoms with Gasteiger partial charge >= 0.3 is 0 Å². The van der Waals surface area contributed by atoms with Crippen molar-refractivity contribution >= 4 is 5.91 Å². The van der Waals surface area contributed by atoms with Crippen molar-refractivity contribution in [1.29, 1.82) is 0 Å². The summed E-state index contributed by atoms with van der Waals surface area (Å²) in [4.78, 5) is 19.4. The Morgan fingerprint density at radius 2 is 1.80 bits per heavy atom. The number of ether oxygens (including phenoxy) is 3. The maximum Gasteiger partial charge on any atom is 0.254 e. The zero-order chi connectivity index (χ0) is 21.1. The third kappa shape index (κ3) is 3.45. The first-order valence-electron chi connectivity index (χ1n) is 9.72. The summed E-state index contributed by atoms with van der Waals surface area (Å²) in [6.45, 7) is 0.662. The highest BCUT2D eigenvalue weighted by Crippen LogP contribution is 2.41. The van der Waals surface area contributed by atoms with Gasteiger partial charge in [-0.05, 0) is 42.7 Å². The number of rotatable bonds is 6. The van der Waals surface area contributed by atoms with Crippen LogP contribution in [0.4, 0.5) is 0 Å². The van der Waals surface area contributed by atoms with Gasteiger partial charge in [-0.3, -0.25) is 14.9 Å². The molecule has 1 fully saturated rings. The second-order valence-corrected chi connectivity index (χ2v) is 7.00. The summed E-state index contributed by atoms with van der Waals surface area (Å²) in [6.07, 6.45) is 7.07. The van der Waals surface area contributed by atoms with Crippen LogP contribution in [-0.4, -0.2) is 53.9 Å². The molecule has 1 N–H and O–H groups in total. The van der Waals surface area contributed by atoms with Crippen LogP contribution in [0.3, 0.4) is 0 Å². The zero-order valence-electron chi connectivity index (χ0n) is 17.2. The number of amides is 1. The number of hydrogen-bond donors (Lipinski definition) is 1. The highest BCUT2D eigenvalue weighted by Gasteiger charge is 2.34. The van der Waals surface area contributed by atoms with Crippen molar-refractivity contribution in [2.75, 3.05) is 27.9 Å². The van der Waals surface area contributed by atoms with E-state index in [9.17, 15) is 4.79 Å². The Labute approximate surface area is 174 Å². The molecule has 1 amide bonds. The largest absolute Gasteiger partial charge is 0.493 e. The number of H-pyrrole nitrogens is 1. The van der Waals surface area contributed by atoms with Gasteiger partial charge in [0.05, 0.1) is 39.3 Å². The second-order valence-electron chi connectivity index (χ2n) is 7.00. The molecular formula is C22H24N4O4. The Bertz CT molecular complexity index is 1010. The van der Waals surface area contributed by atoms with Gasteiger partial charge in [0.2, 0.25) is 5.75 Å². The Morgan fingerprint density at radius 1 is 1.10 bits per heavy atom. The molecule has 8 heteroatoms. The first-order chi connectivity index (χ1) is 14.7. The number of aromatic nitrogens is 3. The number of pyridine rings is 1. The molecule has 0 bridgehead atoms. The van der Waals surface area contributed by atoms with E-state index in [-0.39, 0.29) is 11.9 Å². The fourth-order valence-electron chi connectivity index (χ4n) is 3.99. The van der Waals surface area contributed by atoms with Crippen LogP contribution < -0.4 is 14.2 Å². The molecule has 0 aliphatic carbocycles. The van der Waals surface area contributed by atoms with Crippen LogP contribution in [-0.2, 0) is 0 Å². The first-order valence-corrected chi connectivity index (χ1v) is 9.72. The number of methoxy groups -OCH3 is 3. The van der Waals surface area contributed by atoms with Crippen LogP contribution in [0.15, 0.2) is 42.9 Å². The van der Waals surface area contributed by atoms with Gasteiger partial charge in [-0.2, -0.15) is 5.10 Å². The lowest BCUT2D eigenvalue weighted by molar-refractivity contribution is 0.0732. The topological polar surface area (TPSA) is 89.6 Å². The molecule has 8 nitrogen and oxygen atoms in total. The molecule has 1 saturated heterocycles. The van der Waals surface area contributed by atoms with Crippen molar-refractivity contribution in [3.05, 3.63) is 54.1 Å². The molecule has 0 spiro atoms. The fourth-order valence-corrected chi connectivity index (χ4v) is 3.99. The number of hydrogen-bond acceptors (Lipinski definition) is 6. The summed E-state index contributed by atoms with van der Waals surface area (Å²) in [7, 11) is 4.61. The van der Waals surface area contributed by atoms with Gasteiger partial charge < -0.3 is 19.1 Å². The van der Waals surface area contributed by atoms with Gasteiger partial charge in [-0.1, -0.05) is 0 Å². The Kier molecular flexibility index (Phi) is 5.56. The van der Waals surface area contributed by atoms with Crippen molar-refractivity contribution in [1.82, 2.24) is 20.1 Å². The smallest absolute Gasteiger partial charge is 0.254 e. The van der Waals surface area contributed by atoms with Crippen molar-refractivity contribution in [2.45, 2.75) is 18.9 Å². The van der Waals surface area contributed by atoms with E-state index < -0.39 is 0 Å². The third-order valence-corrected chi connectivity index (χ3v) is 5.42. The Balaban J connectivity index is 1.69. The molecule has 0 radical (unpaired) electrons. The van der Waals surface area contributed by atoms with Crippen LogP contribution in [0.25, 0.3) is 11.1 Å². The molecule has 156 valence electrons. The lowest BCUT2D eigenvalue weighted by Gasteiger charge is -2.25. The van der Waals surface area contributed by atoms with E-state index in [1.807, 2.05) is 17.0 Å². The van der Waals surface area contributed by atoms with E-state index in [0.29, 0.717) is 29.4 Å². The highest BCUT2D eigenvalue weighted by atomic mass is 16.5. The van der Waals surface area contributed by atoms with E-state index in [1.165, 1.54) is 21.3 Å². The molecule has 1 aliphatic heterocycles. The summed E-state index contributed by atoms with van der Waals surface area (Å²) in [6, 6.07) is 7.16. The normalized spacial score (nSPS) is 15.8. The monoisotopic (exact) mass is 408 g/mol. The molecule has 4 rings (SSSR count). The van der Waals surface area contributed by atoms with Crippen LogP contribution in [0.1, 0.15) is 34.9 Å². The minimum atomic E-state index is -0.0951. The molecule has 1 aromatic carbocycles. The summed E-state index contributed by atoms with van der Waals surface area (Å²) in [5.74, 6) is 1.28. The molecule has 2 aromatic heterocycles. The van der Waals surface area contributed by atoms with Crippen LogP contribution in [0.2, 0.25) is 0 Å². The van der Waals surface area contributed by atoms with Gasteiger partial charge in [0, 0.05) is 30.1 Å². The SMILES string of the molecule is COc1cc(C(=O)N2CCC[C@H]2c2[nH]ncc2-c2ccncc2)cc(OC)c1OC. The molecule has 0 saturated carbocycles. The average Bonchev–Trinajstić information content (AvgIpc) is 3.47. The highest BCUT2D eigenvalue weighted by molar-refractivity contribution is 5.96. The van der Waals surface area contributed by atoms with E-state index in [2.05, 4.69) is 15.2 Å². The quantitative estimate of drug-likeness (QED) is 0.672. The lowest BCUT2D eigenvalue weighted by Crippen LogP contribution is -2.31. The predicted molar refractivity (Wildman–Crippen MR) is 111 cm³/mol. The molecule has 0 unspecified atom stereocenters. The number of likely N-dealkylation sites (tertiary alicyclic amines) is 1. The van der Waals surface area contributed by atoms with Crippen LogP contribution in [0.5, 0.6) is 17.2 Å². The van der Waals surface area contributed by atoms with Gasteiger partial charge in [-0.15, -0.1) is 0 Å². The zero-order valence-corrected chi connectivity index (χ0v) is 17.2. The van der Waals surface area contributed by atoms with E-state index >= 15 is 0 Å². The van der Waals surface area contributed by atoms with Gasteiger partial charge in [-0.25, -0.2) is 0 Å². The fraction of sp³-hybridized carbons (Fsp3) is 0.318. The molecule has 3 aromatic rings. The molecular weight excluding hydrogens is 384 g/mol. The summed E-state index contributed by atoms with van der Waals surface area (Å²) >= 11 is 0. The minimum Gasteiger partial charge on any atom is -0.493 e. The molecule has 30 heavy (non-hydrogen) atoms. The molecule has 1 atom stereocenters. The van der Waals surface area contributed by atoms with Gasteiger partial charge in [0.1, 0.15) is 0 Å². The Hall–Kier alpha value is -3.55. The predicted octanol–water partition coefficient (Wildman–Crippen LogP) is 3.47. The van der Waals surface area contributed by atoms with Crippen LogP contribution >= 0.6 is 0 Å². The standard InChI is InChI=1S/C22H24N4O4/c1-28-18-11-15(12-19(29-2)21(18)30-3)22(27)26-10-4-5-17(26)20-16(13-24-25-20)14-6-8-23-9-7-14/h6-9,11-13,17H,4-5,10H2,1-3H3,(H,24,25)/t17-/m0/s1. The number of nitrogens with zero attached hydrogens (tertiary/aromatic N) is 3. The number of benzene rings is 1. The van der Waals surface area contributed by atoms with E-state index in [1.54, 1.807) is 30.7 Å². The summed E-state index contributed by atoms with van der Waals surface area (Å²) < 4.78 is 16.2. The summed E-state index contributed by atoms with van der Waals surface area (Å²) in [5, 5.41) is 7.36. The number of carbonyl (C=O) groups is 1. The van der Waals surface area contributed by atoms with Crippen molar-refractivity contribution in [2.24, 2.45) is 0 Å².